The van der Waals surface area contributed by atoms with Gasteiger partial charge >= 0.3 is 0 Å². The van der Waals surface area contributed by atoms with Gasteiger partial charge in [0.25, 0.3) is 0 Å². The molecule has 1 heterocycles. The van der Waals surface area contributed by atoms with Gasteiger partial charge in [0.05, 0.1) is 12.8 Å². The number of hydrogen-bond donors (Lipinski definition) is 1. The number of ether oxygens (including phenoxy) is 1. The lowest BCUT2D eigenvalue weighted by molar-refractivity contribution is 0.306. The Balaban J connectivity index is 1.65. The largest absolute Gasteiger partial charge is 0.494 e. The first kappa shape index (κ1) is 20.5. The van der Waals surface area contributed by atoms with E-state index in [0.717, 1.165) is 41.2 Å². The molecule has 0 aliphatic rings. The minimum Gasteiger partial charge on any atom is -0.494 e. The standard InChI is InChI=1S/C24H28N4O/c1-4-5-9-16-29-22-14-12-20(13-15-22)17-25-28-23-18(2)19(3)26-24(27-23)21-10-7-6-8-11-21/h6-8,10-15,17H,4-5,9,16H2,1-3H3,(H,26,27,28)/b25-17-. The number of nitrogens with zero attached hydrogens (tertiary/aromatic N) is 3. The average molecular weight is 389 g/mol. The van der Waals surface area contributed by atoms with Gasteiger partial charge in [0.15, 0.2) is 11.6 Å². The molecule has 0 saturated carbocycles. The van der Waals surface area contributed by atoms with Gasteiger partial charge in [-0.3, -0.25) is 5.43 Å². The SMILES string of the molecule is CCCCCOc1ccc(/C=N\Nc2nc(-c3ccccc3)nc(C)c2C)cc1. The van der Waals surface area contributed by atoms with Crippen molar-refractivity contribution in [3.05, 3.63) is 71.4 Å². The topological polar surface area (TPSA) is 59.4 Å². The van der Waals surface area contributed by atoms with Gasteiger partial charge in [-0.1, -0.05) is 50.1 Å². The lowest BCUT2D eigenvalue weighted by Gasteiger charge is -2.09. The minimum absolute atomic E-state index is 0.691. The van der Waals surface area contributed by atoms with Crippen LogP contribution in [0.4, 0.5) is 5.82 Å². The van der Waals surface area contributed by atoms with E-state index in [1.807, 2.05) is 68.4 Å². The van der Waals surface area contributed by atoms with Gasteiger partial charge in [0.1, 0.15) is 5.75 Å². The smallest absolute Gasteiger partial charge is 0.161 e. The molecule has 0 aliphatic heterocycles. The van der Waals surface area contributed by atoms with E-state index < -0.39 is 0 Å². The van der Waals surface area contributed by atoms with Crippen LogP contribution in [0.2, 0.25) is 0 Å². The number of unbranched alkanes of at least 4 members (excludes halogenated alkanes) is 2. The molecule has 0 fully saturated rings. The summed E-state index contributed by atoms with van der Waals surface area (Å²) in [5.74, 6) is 2.29. The van der Waals surface area contributed by atoms with E-state index >= 15 is 0 Å². The van der Waals surface area contributed by atoms with E-state index in [2.05, 4.69) is 27.4 Å². The molecule has 0 aliphatic carbocycles. The highest BCUT2D eigenvalue weighted by molar-refractivity contribution is 5.80. The number of rotatable bonds is 9. The highest BCUT2D eigenvalue weighted by Gasteiger charge is 2.09. The lowest BCUT2D eigenvalue weighted by atomic mass is 10.2. The van der Waals surface area contributed by atoms with Crippen LogP contribution in [0.25, 0.3) is 11.4 Å². The van der Waals surface area contributed by atoms with Crippen LogP contribution in [0.15, 0.2) is 59.7 Å². The Morgan fingerprint density at radius 2 is 1.72 bits per heavy atom. The Morgan fingerprint density at radius 3 is 2.45 bits per heavy atom. The molecule has 2 aromatic carbocycles. The van der Waals surface area contributed by atoms with Gasteiger partial charge in [-0.05, 0) is 50.1 Å². The van der Waals surface area contributed by atoms with Crippen molar-refractivity contribution < 1.29 is 4.74 Å². The van der Waals surface area contributed by atoms with Crippen molar-refractivity contribution >= 4 is 12.0 Å². The van der Waals surface area contributed by atoms with Crippen molar-refractivity contribution in [1.29, 1.82) is 0 Å². The quantitative estimate of drug-likeness (QED) is 0.287. The van der Waals surface area contributed by atoms with Gasteiger partial charge in [-0.25, -0.2) is 9.97 Å². The molecule has 0 atom stereocenters. The first-order valence-corrected chi connectivity index (χ1v) is 10.1. The molecule has 150 valence electrons. The van der Waals surface area contributed by atoms with Crippen molar-refractivity contribution in [2.75, 3.05) is 12.0 Å². The normalized spacial score (nSPS) is 11.0. The van der Waals surface area contributed by atoms with E-state index in [9.17, 15) is 0 Å². The fourth-order valence-corrected chi connectivity index (χ4v) is 2.81. The van der Waals surface area contributed by atoms with E-state index in [0.29, 0.717) is 11.6 Å². The number of aryl methyl sites for hydroxylation is 1. The fourth-order valence-electron chi connectivity index (χ4n) is 2.81. The summed E-state index contributed by atoms with van der Waals surface area (Å²) in [6, 6.07) is 17.9. The van der Waals surface area contributed by atoms with Gasteiger partial charge < -0.3 is 4.74 Å². The zero-order chi connectivity index (χ0) is 20.5. The van der Waals surface area contributed by atoms with Gasteiger partial charge in [-0.2, -0.15) is 5.10 Å². The predicted molar refractivity (Wildman–Crippen MR) is 120 cm³/mol. The summed E-state index contributed by atoms with van der Waals surface area (Å²) in [4.78, 5) is 9.24. The highest BCUT2D eigenvalue weighted by Crippen LogP contribution is 2.21. The summed E-state index contributed by atoms with van der Waals surface area (Å²) in [5, 5.41) is 4.36. The van der Waals surface area contributed by atoms with E-state index in [4.69, 9.17) is 4.74 Å². The molecule has 29 heavy (non-hydrogen) atoms. The number of aromatic nitrogens is 2. The van der Waals surface area contributed by atoms with E-state index in [1.54, 1.807) is 6.21 Å². The van der Waals surface area contributed by atoms with Crippen LogP contribution in [0.1, 0.15) is 43.0 Å². The Kier molecular flexibility index (Phi) is 7.34. The van der Waals surface area contributed by atoms with Crippen LogP contribution < -0.4 is 10.2 Å². The van der Waals surface area contributed by atoms with Crippen LogP contribution in [0.3, 0.4) is 0 Å². The van der Waals surface area contributed by atoms with Crippen molar-refractivity contribution in [3.8, 4) is 17.1 Å². The molecule has 3 aromatic rings. The number of benzene rings is 2. The first-order chi connectivity index (χ1) is 14.2. The molecule has 3 rings (SSSR count). The highest BCUT2D eigenvalue weighted by atomic mass is 16.5. The van der Waals surface area contributed by atoms with Crippen LogP contribution >= 0.6 is 0 Å². The average Bonchev–Trinajstić information content (AvgIpc) is 2.76. The maximum absolute atomic E-state index is 5.74. The second-order valence-corrected chi connectivity index (χ2v) is 6.97. The van der Waals surface area contributed by atoms with Crippen molar-refractivity contribution in [2.45, 2.75) is 40.0 Å². The third-order valence-electron chi connectivity index (χ3n) is 4.70. The number of hydrazone groups is 1. The zero-order valence-corrected chi connectivity index (χ0v) is 17.4. The number of nitrogens with one attached hydrogen (secondary N) is 1. The predicted octanol–water partition coefficient (Wildman–Crippen LogP) is 5.78. The molecule has 0 saturated heterocycles. The molecule has 1 aromatic heterocycles. The zero-order valence-electron chi connectivity index (χ0n) is 17.4. The third kappa shape index (κ3) is 5.88. The Bertz CT molecular complexity index is 937. The minimum atomic E-state index is 0.691. The monoisotopic (exact) mass is 388 g/mol. The second-order valence-electron chi connectivity index (χ2n) is 6.97. The third-order valence-corrected chi connectivity index (χ3v) is 4.70. The summed E-state index contributed by atoms with van der Waals surface area (Å²) in [6.07, 6.45) is 5.26. The Hall–Kier alpha value is -3.21. The molecule has 0 bridgehead atoms. The lowest BCUT2D eigenvalue weighted by Crippen LogP contribution is -2.03. The molecular weight excluding hydrogens is 360 g/mol. The van der Waals surface area contributed by atoms with E-state index in [-0.39, 0.29) is 0 Å². The van der Waals surface area contributed by atoms with Crippen molar-refractivity contribution in [1.82, 2.24) is 9.97 Å². The maximum Gasteiger partial charge on any atom is 0.161 e. The maximum atomic E-state index is 5.74. The molecule has 1 N–H and O–H groups in total. The van der Waals surface area contributed by atoms with Crippen molar-refractivity contribution in [3.63, 3.8) is 0 Å². The Morgan fingerprint density at radius 1 is 0.966 bits per heavy atom. The van der Waals surface area contributed by atoms with Crippen LogP contribution in [0.5, 0.6) is 5.75 Å². The molecule has 0 spiro atoms. The van der Waals surface area contributed by atoms with Gasteiger partial charge in [0, 0.05) is 16.8 Å². The van der Waals surface area contributed by atoms with Crippen LogP contribution in [-0.2, 0) is 0 Å². The second kappa shape index (κ2) is 10.4. The molecule has 0 unspecified atom stereocenters. The van der Waals surface area contributed by atoms with E-state index in [1.165, 1.54) is 12.8 Å². The summed E-state index contributed by atoms with van der Waals surface area (Å²) in [5.41, 5.74) is 6.95. The summed E-state index contributed by atoms with van der Waals surface area (Å²) in [6.45, 7) is 6.93. The van der Waals surface area contributed by atoms with Crippen LogP contribution in [0, 0.1) is 13.8 Å². The number of hydrogen-bond acceptors (Lipinski definition) is 5. The summed E-state index contributed by atoms with van der Waals surface area (Å²) < 4.78 is 5.74. The molecular formula is C24H28N4O. The fraction of sp³-hybridized carbons (Fsp3) is 0.292. The molecule has 0 radical (unpaired) electrons. The van der Waals surface area contributed by atoms with Gasteiger partial charge in [-0.15, -0.1) is 0 Å². The Labute approximate surface area is 172 Å². The van der Waals surface area contributed by atoms with Gasteiger partial charge in [0.2, 0.25) is 0 Å². The molecule has 0 amide bonds. The molecule has 5 nitrogen and oxygen atoms in total. The number of anilines is 1. The molecule has 5 heteroatoms. The summed E-state index contributed by atoms with van der Waals surface area (Å²) in [7, 11) is 0. The van der Waals surface area contributed by atoms with Crippen LogP contribution in [-0.4, -0.2) is 22.8 Å². The van der Waals surface area contributed by atoms with Crippen molar-refractivity contribution in [2.24, 2.45) is 5.10 Å². The first-order valence-electron chi connectivity index (χ1n) is 10.1. The summed E-state index contributed by atoms with van der Waals surface area (Å²) >= 11 is 0.